The molecule has 0 N–H and O–H groups in total. The molecule has 0 bridgehead atoms. The third kappa shape index (κ3) is 1.65. The van der Waals surface area contributed by atoms with Crippen LogP contribution in [0.1, 0.15) is 11.3 Å². The van der Waals surface area contributed by atoms with Gasteiger partial charge in [-0.1, -0.05) is 29.1 Å². The van der Waals surface area contributed by atoms with Gasteiger partial charge < -0.3 is 0 Å². The number of nitrogens with zero attached hydrogens (tertiary/aromatic N) is 1. The highest BCUT2D eigenvalue weighted by atomic mass is 35.5. The van der Waals surface area contributed by atoms with Gasteiger partial charge in [-0.25, -0.2) is 4.98 Å². The van der Waals surface area contributed by atoms with Crippen LogP contribution in [-0.4, -0.2) is 4.98 Å². The van der Waals surface area contributed by atoms with E-state index in [-0.39, 0.29) is 5.15 Å². The molecule has 0 saturated heterocycles. The molecule has 0 saturated carbocycles. The Balaban J connectivity index is 3.40. The predicted octanol–water partition coefficient (Wildman–Crippen LogP) is 2.68. The van der Waals surface area contributed by atoms with Crippen LogP contribution < -0.4 is 0 Å². The van der Waals surface area contributed by atoms with Crippen LogP contribution in [0.15, 0.2) is 6.07 Å². The molecule has 0 unspecified atom stereocenters. The number of aromatic nitrogens is 1. The number of aryl methyl sites for hydroxylation is 1. The number of halogens is 2. The summed E-state index contributed by atoms with van der Waals surface area (Å²) in [5.41, 5.74) is 1.22. The molecule has 11 heavy (non-hydrogen) atoms. The van der Waals surface area contributed by atoms with E-state index in [1.807, 2.05) is 0 Å². The van der Waals surface area contributed by atoms with Gasteiger partial charge in [-0.15, -0.1) is 6.42 Å². The quantitative estimate of drug-likeness (QED) is 0.448. The van der Waals surface area contributed by atoms with Gasteiger partial charge in [-0.05, 0) is 13.0 Å². The van der Waals surface area contributed by atoms with Crippen LogP contribution in [0.4, 0.5) is 0 Å². The minimum absolute atomic E-state index is 0.289. The molecule has 56 valence electrons. The van der Waals surface area contributed by atoms with Crippen molar-refractivity contribution in [3.8, 4) is 12.3 Å². The fraction of sp³-hybridized carbons (Fsp3) is 0.125. The molecule has 1 aromatic rings. The van der Waals surface area contributed by atoms with E-state index in [0.717, 1.165) is 5.69 Å². The van der Waals surface area contributed by atoms with Crippen molar-refractivity contribution in [1.29, 1.82) is 0 Å². The Morgan fingerprint density at radius 3 is 2.64 bits per heavy atom. The molecule has 0 spiro atoms. The zero-order valence-corrected chi connectivity index (χ0v) is 7.37. The van der Waals surface area contributed by atoms with E-state index >= 15 is 0 Å². The Morgan fingerprint density at radius 1 is 1.55 bits per heavy atom. The topological polar surface area (TPSA) is 12.9 Å². The maximum atomic E-state index is 5.77. The molecule has 1 nitrogen and oxygen atoms in total. The molecule has 0 aliphatic heterocycles. The fourth-order valence-corrected chi connectivity index (χ4v) is 1.37. The van der Waals surface area contributed by atoms with Crippen LogP contribution in [0.3, 0.4) is 0 Å². The van der Waals surface area contributed by atoms with Crippen LogP contribution in [0.2, 0.25) is 10.2 Å². The predicted molar refractivity (Wildman–Crippen MR) is 46.9 cm³/mol. The number of pyridine rings is 1. The smallest absolute Gasteiger partial charge is 0.146 e. The van der Waals surface area contributed by atoms with E-state index in [9.17, 15) is 0 Å². The summed E-state index contributed by atoms with van der Waals surface area (Å²) in [6, 6.07) is 1.68. The molecule has 1 aromatic heterocycles. The summed E-state index contributed by atoms with van der Waals surface area (Å²) in [6.45, 7) is 1.80. The van der Waals surface area contributed by atoms with Gasteiger partial charge in [-0.3, -0.25) is 0 Å². The van der Waals surface area contributed by atoms with Gasteiger partial charge in [0, 0.05) is 5.69 Å². The van der Waals surface area contributed by atoms with Gasteiger partial charge in [0.2, 0.25) is 0 Å². The van der Waals surface area contributed by atoms with Crippen molar-refractivity contribution < 1.29 is 0 Å². The Morgan fingerprint density at radius 2 is 2.18 bits per heavy atom. The van der Waals surface area contributed by atoms with Crippen LogP contribution in [0, 0.1) is 19.3 Å². The second-order valence-corrected chi connectivity index (χ2v) is 2.82. The van der Waals surface area contributed by atoms with Crippen molar-refractivity contribution in [3.05, 3.63) is 27.5 Å². The number of hydrogen-bond donors (Lipinski definition) is 0. The van der Waals surface area contributed by atoms with Crippen LogP contribution in [0.5, 0.6) is 0 Å². The average molecular weight is 186 g/mol. The molecular weight excluding hydrogens is 181 g/mol. The van der Waals surface area contributed by atoms with Gasteiger partial charge in [0.25, 0.3) is 0 Å². The van der Waals surface area contributed by atoms with E-state index in [4.69, 9.17) is 29.6 Å². The highest BCUT2D eigenvalue weighted by Crippen LogP contribution is 2.22. The highest BCUT2D eigenvalue weighted by Gasteiger charge is 2.04. The molecule has 1 rings (SSSR count). The third-order valence-electron chi connectivity index (χ3n) is 1.20. The Labute approximate surface area is 75.4 Å². The standard InChI is InChI=1S/C8H5Cl2N/c1-3-6-7(9)4-5(2)11-8(6)10/h1,4H,2H3. The maximum Gasteiger partial charge on any atom is 0.146 e. The lowest BCUT2D eigenvalue weighted by molar-refractivity contribution is 1.19. The Hall–Kier alpha value is -0.710. The molecule has 0 aliphatic rings. The highest BCUT2D eigenvalue weighted by molar-refractivity contribution is 6.35. The maximum absolute atomic E-state index is 5.77. The van der Waals surface area contributed by atoms with Crippen LogP contribution >= 0.6 is 23.2 Å². The second kappa shape index (κ2) is 3.13. The zero-order valence-electron chi connectivity index (χ0n) is 5.86. The van der Waals surface area contributed by atoms with Gasteiger partial charge in [0.1, 0.15) is 5.15 Å². The number of terminal acetylenes is 1. The summed E-state index contributed by atoms with van der Waals surface area (Å²) >= 11 is 11.5. The molecular formula is C8H5Cl2N. The summed E-state index contributed by atoms with van der Waals surface area (Å²) in [6.07, 6.45) is 5.14. The van der Waals surface area contributed by atoms with Crippen molar-refractivity contribution in [1.82, 2.24) is 4.98 Å². The Bertz CT molecular complexity index is 302. The molecule has 0 amide bonds. The van der Waals surface area contributed by atoms with E-state index in [1.165, 1.54) is 0 Å². The molecule has 0 fully saturated rings. The van der Waals surface area contributed by atoms with Crippen LogP contribution in [-0.2, 0) is 0 Å². The largest absolute Gasteiger partial charge is 0.240 e. The SMILES string of the molecule is C#Cc1c(Cl)cc(C)nc1Cl. The first-order chi connectivity index (χ1) is 5.15. The van der Waals surface area contributed by atoms with Gasteiger partial charge in [-0.2, -0.15) is 0 Å². The first-order valence-electron chi connectivity index (χ1n) is 2.94. The first kappa shape index (κ1) is 8.39. The molecule has 0 atom stereocenters. The lowest BCUT2D eigenvalue weighted by atomic mass is 10.2. The Kier molecular flexibility index (Phi) is 2.38. The molecule has 3 heteroatoms. The fourth-order valence-electron chi connectivity index (χ4n) is 0.726. The van der Waals surface area contributed by atoms with Gasteiger partial charge in [0.15, 0.2) is 0 Å². The lowest BCUT2D eigenvalue weighted by Gasteiger charge is -1.99. The molecule has 0 aliphatic carbocycles. The normalized spacial score (nSPS) is 9.27. The summed E-state index contributed by atoms with van der Waals surface area (Å²) in [5.74, 6) is 2.36. The average Bonchev–Trinajstić information content (AvgIpc) is 1.85. The van der Waals surface area contributed by atoms with Gasteiger partial charge >= 0.3 is 0 Å². The summed E-state index contributed by atoms with van der Waals surface area (Å²) < 4.78 is 0. The number of hydrogen-bond acceptors (Lipinski definition) is 1. The summed E-state index contributed by atoms with van der Waals surface area (Å²) in [5, 5.41) is 0.766. The van der Waals surface area contributed by atoms with Crippen molar-refractivity contribution >= 4 is 23.2 Å². The molecule has 1 heterocycles. The second-order valence-electron chi connectivity index (χ2n) is 2.06. The monoisotopic (exact) mass is 185 g/mol. The minimum Gasteiger partial charge on any atom is -0.240 e. The van der Waals surface area contributed by atoms with Crippen LogP contribution in [0.25, 0.3) is 0 Å². The van der Waals surface area contributed by atoms with Crippen molar-refractivity contribution in [2.75, 3.05) is 0 Å². The van der Waals surface area contributed by atoms with E-state index in [1.54, 1.807) is 13.0 Å². The van der Waals surface area contributed by atoms with Crippen molar-refractivity contribution in [2.24, 2.45) is 0 Å². The lowest BCUT2D eigenvalue weighted by Crippen LogP contribution is -1.87. The van der Waals surface area contributed by atoms with E-state index < -0.39 is 0 Å². The van der Waals surface area contributed by atoms with Crippen molar-refractivity contribution in [3.63, 3.8) is 0 Å². The van der Waals surface area contributed by atoms with Crippen molar-refractivity contribution in [2.45, 2.75) is 6.92 Å². The van der Waals surface area contributed by atoms with Gasteiger partial charge in [0.05, 0.1) is 10.6 Å². The summed E-state index contributed by atoms with van der Waals surface area (Å²) in [4.78, 5) is 3.94. The molecule has 0 radical (unpaired) electrons. The molecule has 0 aromatic carbocycles. The van der Waals surface area contributed by atoms with E-state index in [2.05, 4.69) is 10.9 Å². The summed E-state index contributed by atoms with van der Waals surface area (Å²) in [7, 11) is 0. The first-order valence-corrected chi connectivity index (χ1v) is 3.70. The zero-order chi connectivity index (χ0) is 8.43. The number of rotatable bonds is 0. The minimum atomic E-state index is 0.289. The van der Waals surface area contributed by atoms with E-state index in [0.29, 0.717) is 10.6 Å². The third-order valence-corrected chi connectivity index (χ3v) is 1.77.